The van der Waals surface area contributed by atoms with E-state index in [9.17, 15) is 9.18 Å². The fourth-order valence-corrected chi connectivity index (χ4v) is 1.26. The fourth-order valence-electron chi connectivity index (χ4n) is 0.974. The van der Waals surface area contributed by atoms with Crippen LogP contribution in [0.5, 0.6) is 0 Å². The first-order valence-corrected chi connectivity index (χ1v) is 4.00. The van der Waals surface area contributed by atoms with E-state index in [1.807, 2.05) is 6.92 Å². The summed E-state index contributed by atoms with van der Waals surface area (Å²) in [7, 11) is 0. The highest BCUT2D eigenvalue weighted by Crippen LogP contribution is 2.20. The van der Waals surface area contributed by atoms with E-state index in [2.05, 4.69) is 0 Å². The summed E-state index contributed by atoms with van der Waals surface area (Å²) in [5, 5.41) is 0.376. The lowest BCUT2D eigenvalue weighted by atomic mass is 10.1. The molecule has 0 unspecified atom stereocenters. The molecule has 0 aliphatic rings. The predicted molar refractivity (Wildman–Crippen MR) is 46.2 cm³/mol. The molecule has 64 valence electrons. The Morgan fingerprint density at radius 2 is 2.25 bits per heavy atom. The summed E-state index contributed by atoms with van der Waals surface area (Å²) >= 11 is 5.70. The average molecular weight is 187 g/mol. The molecule has 1 rings (SSSR count). The highest BCUT2D eigenvalue weighted by Gasteiger charge is 2.05. The van der Waals surface area contributed by atoms with E-state index in [-0.39, 0.29) is 5.56 Å². The molecule has 1 nitrogen and oxygen atoms in total. The van der Waals surface area contributed by atoms with E-state index in [0.717, 1.165) is 5.56 Å². The van der Waals surface area contributed by atoms with Crippen LogP contribution in [0.15, 0.2) is 12.1 Å². The molecule has 0 fully saturated rings. The Hall–Kier alpha value is -0.890. The average Bonchev–Trinajstić information content (AvgIpc) is 2.05. The summed E-state index contributed by atoms with van der Waals surface area (Å²) in [5.41, 5.74) is 0.858. The molecular formula is C9H8ClFO. The first kappa shape index (κ1) is 9.20. The molecule has 0 bridgehead atoms. The Morgan fingerprint density at radius 3 is 2.75 bits per heavy atom. The third-order valence-corrected chi connectivity index (χ3v) is 2.03. The second-order valence-corrected chi connectivity index (χ2v) is 2.84. The molecule has 0 aliphatic heterocycles. The number of carbonyl (C=O) groups is 1. The molecule has 0 saturated heterocycles. The zero-order valence-corrected chi connectivity index (χ0v) is 7.36. The maximum absolute atomic E-state index is 12.9. The van der Waals surface area contributed by atoms with Crippen molar-refractivity contribution in [2.75, 3.05) is 0 Å². The van der Waals surface area contributed by atoms with E-state index in [1.54, 1.807) is 0 Å². The summed E-state index contributed by atoms with van der Waals surface area (Å²) in [6.45, 7) is 1.90. The second-order valence-electron chi connectivity index (χ2n) is 2.44. The van der Waals surface area contributed by atoms with Crippen LogP contribution in [-0.4, -0.2) is 6.29 Å². The van der Waals surface area contributed by atoms with Crippen LogP contribution < -0.4 is 0 Å². The lowest BCUT2D eigenvalue weighted by molar-refractivity contribution is 0.111. The van der Waals surface area contributed by atoms with Gasteiger partial charge in [-0.15, -0.1) is 0 Å². The van der Waals surface area contributed by atoms with Crippen LogP contribution >= 0.6 is 11.6 Å². The van der Waals surface area contributed by atoms with Crippen LogP contribution in [0.1, 0.15) is 22.8 Å². The van der Waals surface area contributed by atoms with E-state index >= 15 is 0 Å². The lowest BCUT2D eigenvalue weighted by Gasteiger charge is -2.02. The van der Waals surface area contributed by atoms with Crippen LogP contribution in [0, 0.1) is 5.82 Å². The van der Waals surface area contributed by atoms with Gasteiger partial charge in [-0.05, 0) is 24.1 Å². The molecule has 0 aliphatic carbocycles. The highest BCUT2D eigenvalue weighted by atomic mass is 35.5. The van der Waals surface area contributed by atoms with Crippen molar-refractivity contribution in [3.63, 3.8) is 0 Å². The summed E-state index contributed by atoms with van der Waals surface area (Å²) in [4.78, 5) is 10.3. The Morgan fingerprint density at radius 1 is 1.58 bits per heavy atom. The van der Waals surface area contributed by atoms with Gasteiger partial charge in [0.15, 0.2) is 6.29 Å². The SMILES string of the molecule is CCc1cc(C=O)c(F)cc1Cl. The van der Waals surface area contributed by atoms with E-state index in [0.29, 0.717) is 17.7 Å². The summed E-state index contributed by atoms with van der Waals surface area (Å²) < 4.78 is 12.9. The zero-order chi connectivity index (χ0) is 9.14. The maximum atomic E-state index is 12.9. The zero-order valence-electron chi connectivity index (χ0n) is 6.60. The van der Waals surface area contributed by atoms with Crippen molar-refractivity contribution in [1.82, 2.24) is 0 Å². The standard InChI is InChI=1S/C9H8ClFO/c1-2-6-3-7(5-12)9(11)4-8(6)10/h3-5H,2H2,1H3. The molecule has 12 heavy (non-hydrogen) atoms. The van der Waals surface area contributed by atoms with Gasteiger partial charge in [0.1, 0.15) is 5.82 Å². The van der Waals surface area contributed by atoms with Crippen molar-refractivity contribution < 1.29 is 9.18 Å². The summed E-state index contributed by atoms with van der Waals surface area (Å²) in [5.74, 6) is -0.563. The number of aldehydes is 1. The van der Waals surface area contributed by atoms with Crippen LogP contribution in [0.2, 0.25) is 5.02 Å². The van der Waals surface area contributed by atoms with E-state index in [4.69, 9.17) is 11.6 Å². The van der Waals surface area contributed by atoms with Gasteiger partial charge in [-0.1, -0.05) is 18.5 Å². The Kier molecular flexibility index (Phi) is 2.82. The van der Waals surface area contributed by atoms with Crippen molar-refractivity contribution in [2.45, 2.75) is 13.3 Å². The lowest BCUT2D eigenvalue weighted by Crippen LogP contribution is -1.91. The highest BCUT2D eigenvalue weighted by molar-refractivity contribution is 6.31. The van der Waals surface area contributed by atoms with Crippen LogP contribution in [0.3, 0.4) is 0 Å². The van der Waals surface area contributed by atoms with Gasteiger partial charge in [0.25, 0.3) is 0 Å². The minimum absolute atomic E-state index is 0.0660. The van der Waals surface area contributed by atoms with Crippen LogP contribution in [0.4, 0.5) is 4.39 Å². The molecule has 0 heterocycles. The second kappa shape index (κ2) is 3.68. The predicted octanol–water partition coefficient (Wildman–Crippen LogP) is 2.85. The molecular weight excluding hydrogens is 179 g/mol. The van der Waals surface area contributed by atoms with Crippen LogP contribution in [-0.2, 0) is 6.42 Å². The third kappa shape index (κ3) is 1.64. The Labute approximate surface area is 75.2 Å². The van der Waals surface area contributed by atoms with Crippen molar-refractivity contribution in [2.24, 2.45) is 0 Å². The molecule has 1 aromatic rings. The molecule has 0 saturated carbocycles. The van der Waals surface area contributed by atoms with Crippen molar-refractivity contribution in [1.29, 1.82) is 0 Å². The van der Waals surface area contributed by atoms with Gasteiger partial charge in [0.2, 0.25) is 0 Å². The van der Waals surface area contributed by atoms with Gasteiger partial charge in [0.05, 0.1) is 5.56 Å². The molecule has 3 heteroatoms. The summed E-state index contributed by atoms with van der Waals surface area (Å²) in [6.07, 6.45) is 1.19. The normalized spacial score (nSPS) is 9.92. The Balaban J connectivity index is 3.26. The third-order valence-electron chi connectivity index (χ3n) is 1.67. The number of hydrogen-bond acceptors (Lipinski definition) is 1. The van der Waals surface area contributed by atoms with Gasteiger partial charge < -0.3 is 0 Å². The fraction of sp³-hybridized carbons (Fsp3) is 0.222. The number of rotatable bonds is 2. The largest absolute Gasteiger partial charge is 0.298 e. The smallest absolute Gasteiger partial charge is 0.153 e. The molecule has 1 aromatic carbocycles. The quantitative estimate of drug-likeness (QED) is 0.650. The van der Waals surface area contributed by atoms with E-state index in [1.165, 1.54) is 12.1 Å². The van der Waals surface area contributed by atoms with Gasteiger partial charge in [-0.2, -0.15) is 0 Å². The first-order chi connectivity index (χ1) is 5.69. The number of hydrogen-bond donors (Lipinski definition) is 0. The minimum atomic E-state index is -0.563. The maximum Gasteiger partial charge on any atom is 0.153 e. The number of carbonyl (C=O) groups excluding carboxylic acids is 1. The van der Waals surface area contributed by atoms with Crippen molar-refractivity contribution in [3.05, 3.63) is 34.1 Å². The monoisotopic (exact) mass is 186 g/mol. The molecule has 0 atom stereocenters. The van der Waals surface area contributed by atoms with Gasteiger partial charge in [-0.25, -0.2) is 4.39 Å². The number of halogens is 2. The molecule has 0 aromatic heterocycles. The van der Waals surface area contributed by atoms with Crippen LogP contribution in [0.25, 0.3) is 0 Å². The van der Waals surface area contributed by atoms with Crippen molar-refractivity contribution in [3.8, 4) is 0 Å². The van der Waals surface area contributed by atoms with Gasteiger partial charge in [0, 0.05) is 5.02 Å². The van der Waals surface area contributed by atoms with E-state index < -0.39 is 5.82 Å². The van der Waals surface area contributed by atoms with Crippen molar-refractivity contribution >= 4 is 17.9 Å². The molecule has 0 N–H and O–H groups in total. The Bertz CT molecular complexity index is 310. The molecule has 0 radical (unpaired) electrons. The molecule has 0 amide bonds. The number of aryl methyl sites for hydroxylation is 1. The molecule has 0 spiro atoms. The topological polar surface area (TPSA) is 17.1 Å². The van der Waals surface area contributed by atoms with Gasteiger partial charge >= 0.3 is 0 Å². The summed E-state index contributed by atoms with van der Waals surface area (Å²) in [6, 6.07) is 2.65. The van der Waals surface area contributed by atoms with Gasteiger partial charge in [-0.3, -0.25) is 4.79 Å². The minimum Gasteiger partial charge on any atom is -0.298 e. The first-order valence-electron chi connectivity index (χ1n) is 3.62. The number of benzene rings is 1.